The molecule has 0 bridgehead atoms. The lowest BCUT2D eigenvalue weighted by atomic mass is 9.99. The number of hydrogen-bond acceptors (Lipinski definition) is 3. The zero-order valence-electron chi connectivity index (χ0n) is 11.2. The fourth-order valence-corrected chi connectivity index (χ4v) is 2.75. The van der Waals surface area contributed by atoms with Crippen LogP contribution < -0.4 is 5.43 Å². The lowest BCUT2D eigenvalue weighted by Gasteiger charge is -2.19. The topological polar surface area (TPSA) is 61.8 Å². The smallest absolute Gasteiger partial charge is 0.270 e. The molecule has 0 aliphatic carbocycles. The van der Waals surface area contributed by atoms with Crippen LogP contribution in [0.5, 0.6) is 0 Å². The molecular weight excluding hydrogens is 254 g/mol. The summed E-state index contributed by atoms with van der Waals surface area (Å²) in [5.74, 6) is 0.243. The second kappa shape index (κ2) is 5.45. The molecular formula is C15H17N3O2. The largest absolute Gasteiger partial charge is 0.337 e. The third-order valence-electron chi connectivity index (χ3n) is 3.90. The van der Waals surface area contributed by atoms with E-state index in [2.05, 4.69) is 22.7 Å². The van der Waals surface area contributed by atoms with E-state index < -0.39 is 0 Å². The van der Waals surface area contributed by atoms with E-state index in [4.69, 9.17) is 0 Å². The van der Waals surface area contributed by atoms with E-state index in [-0.39, 0.29) is 11.8 Å². The van der Waals surface area contributed by atoms with Crippen LogP contribution in [0.15, 0.2) is 35.4 Å². The van der Waals surface area contributed by atoms with Gasteiger partial charge in [0.05, 0.1) is 0 Å². The fourth-order valence-electron chi connectivity index (χ4n) is 2.75. The molecule has 0 saturated carbocycles. The number of hydrogen-bond donors (Lipinski definition) is 1. The van der Waals surface area contributed by atoms with Crippen molar-refractivity contribution in [1.29, 1.82) is 0 Å². The van der Waals surface area contributed by atoms with Crippen LogP contribution in [0.1, 0.15) is 30.7 Å². The Labute approximate surface area is 117 Å². The standard InChI is InChI=1S/C15H17N3O2/c19-14-7-6-13(16-17-14)15(20)18-9-8-12(10-18)11-4-2-1-3-5-11/h1-5,12H,6-10H2,(H,17,19). The summed E-state index contributed by atoms with van der Waals surface area (Å²) in [6, 6.07) is 10.3. The molecule has 1 aromatic rings. The lowest BCUT2D eigenvalue weighted by Crippen LogP contribution is -2.38. The van der Waals surface area contributed by atoms with Gasteiger partial charge in [-0.2, -0.15) is 5.10 Å². The summed E-state index contributed by atoms with van der Waals surface area (Å²) >= 11 is 0. The number of nitrogens with one attached hydrogen (secondary N) is 1. The molecule has 0 radical (unpaired) electrons. The van der Waals surface area contributed by atoms with Crippen LogP contribution in [0.3, 0.4) is 0 Å². The van der Waals surface area contributed by atoms with Gasteiger partial charge < -0.3 is 4.90 Å². The van der Waals surface area contributed by atoms with Gasteiger partial charge in [0.2, 0.25) is 5.91 Å². The van der Waals surface area contributed by atoms with Crippen molar-refractivity contribution in [3.05, 3.63) is 35.9 Å². The summed E-state index contributed by atoms with van der Waals surface area (Å²) in [6.07, 6.45) is 1.77. The highest BCUT2D eigenvalue weighted by atomic mass is 16.2. The van der Waals surface area contributed by atoms with Crippen molar-refractivity contribution < 1.29 is 9.59 Å². The van der Waals surface area contributed by atoms with Gasteiger partial charge in [-0.3, -0.25) is 9.59 Å². The Morgan fingerprint density at radius 3 is 2.75 bits per heavy atom. The molecule has 2 heterocycles. The molecule has 5 heteroatoms. The van der Waals surface area contributed by atoms with Gasteiger partial charge in [-0.05, 0) is 12.0 Å². The molecule has 2 amide bonds. The molecule has 1 saturated heterocycles. The highest BCUT2D eigenvalue weighted by Crippen LogP contribution is 2.27. The predicted molar refractivity (Wildman–Crippen MR) is 75.2 cm³/mol. The van der Waals surface area contributed by atoms with E-state index in [1.54, 1.807) is 0 Å². The Hall–Kier alpha value is -2.17. The van der Waals surface area contributed by atoms with Crippen molar-refractivity contribution in [1.82, 2.24) is 10.3 Å². The van der Waals surface area contributed by atoms with Crippen molar-refractivity contribution in [3.63, 3.8) is 0 Å². The SMILES string of the molecule is O=C1CCC(C(=O)N2CCC(c3ccccc3)C2)=NN1. The highest BCUT2D eigenvalue weighted by molar-refractivity contribution is 6.39. The maximum atomic E-state index is 12.3. The highest BCUT2D eigenvalue weighted by Gasteiger charge is 2.30. The van der Waals surface area contributed by atoms with Crippen LogP contribution in [0.2, 0.25) is 0 Å². The van der Waals surface area contributed by atoms with Gasteiger partial charge in [-0.15, -0.1) is 0 Å². The molecule has 1 unspecified atom stereocenters. The first-order chi connectivity index (χ1) is 9.74. The number of hydrazone groups is 1. The minimum absolute atomic E-state index is 0.0385. The van der Waals surface area contributed by atoms with E-state index in [0.717, 1.165) is 19.5 Å². The van der Waals surface area contributed by atoms with Gasteiger partial charge in [-0.1, -0.05) is 30.3 Å². The first kappa shape index (κ1) is 12.8. The minimum atomic E-state index is -0.120. The second-order valence-electron chi connectivity index (χ2n) is 5.24. The maximum absolute atomic E-state index is 12.3. The molecule has 2 aliphatic rings. The zero-order chi connectivity index (χ0) is 13.9. The van der Waals surface area contributed by atoms with Gasteiger partial charge in [-0.25, -0.2) is 5.43 Å². The minimum Gasteiger partial charge on any atom is -0.337 e. The molecule has 1 aromatic carbocycles. The van der Waals surface area contributed by atoms with Crippen LogP contribution in [-0.4, -0.2) is 35.5 Å². The van der Waals surface area contributed by atoms with E-state index in [1.807, 2.05) is 23.1 Å². The Morgan fingerprint density at radius 2 is 2.05 bits per heavy atom. The molecule has 5 nitrogen and oxygen atoms in total. The lowest BCUT2D eigenvalue weighted by molar-refractivity contribution is -0.123. The number of amides is 2. The molecule has 0 aromatic heterocycles. The number of carbonyl (C=O) groups is 2. The third-order valence-corrected chi connectivity index (χ3v) is 3.90. The molecule has 20 heavy (non-hydrogen) atoms. The van der Waals surface area contributed by atoms with Crippen LogP contribution in [0, 0.1) is 0 Å². The number of benzene rings is 1. The van der Waals surface area contributed by atoms with Crippen molar-refractivity contribution >= 4 is 17.5 Å². The molecule has 1 N–H and O–H groups in total. The quantitative estimate of drug-likeness (QED) is 0.880. The maximum Gasteiger partial charge on any atom is 0.270 e. The van der Waals surface area contributed by atoms with Crippen molar-refractivity contribution in [2.75, 3.05) is 13.1 Å². The van der Waals surface area contributed by atoms with Gasteiger partial charge in [0.1, 0.15) is 5.71 Å². The number of rotatable bonds is 2. The monoisotopic (exact) mass is 271 g/mol. The van der Waals surface area contributed by atoms with Gasteiger partial charge in [0.15, 0.2) is 0 Å². The van der Waals surface area contributed by atoms with E-state index in [0.29, 0.717) is 24.5 Å². The Kier molecular flexibility index (Phi) is 3.50. The summed E-state index contributed by atoms with van der Waals surface area (Å²) in [5.41, 5.74) is 4.13. The number of nitrogens with zero attached hydrogens (tertiary/aromatic N) is 2. The average Bonchev–Trinajstić information content (AvgIpc) is 2.98. The van der Waals surface area contributed by atoms with Crippen molar-refractivity contribution in [2.45, 2.75) is 25.2 Å². The fraction of sp³-hybridized carbons (Fsp3) is 0.400. The normalized spacial score (nSPS) is 22.4. The molecule has 3 rings (SSSR count). The first-order valence-corrected chi connectivity index (χ1v) is 6.93. The zero-order valence-corrected chi connectivity index (χ0v) is 11.2. The second-order valence-corrected chi connectivity index (χ2v) is 5.24. The van der Waals surface area contributed by atoms with E-state index in [9.17, 15) is 9.59 Å². The first-order valence-electron chi connectivity index (χ1n) is 6.93. The van der Waals surface area contributed by atoms with Crippen molar-refractivity contribution in [3.8, 4) is 0 Å². The Morgan fingerprint density at radius 1 is 1.25 bits per heavy atom. The molecule has 0 spiro atoms. The van der Waals surface area contributed by atoms with Crippen LogP contribution in [0.25, 0.3) is 0 Å². The van der Waals surface area contributed by atoms with Crippen molar-refractivity contribution in [2.24, 2.45) is 5.10 Å². The third kappa shape index (κ3) is 2.57. The van der Waals surface area contributed by atoms with Gasteiger partial charge in [0.25, 0.3) is 5.91 Å². The Balaban J connectivity index is 1.65. The van der Waals surface area contributed by atoms with E-state index >= 15 is 0 Å². The number of likely N-dealkylation sites (tertiary alicyclic amines) is 1. The van der Waals surface area contributed by atoms with Crippen LogP contribution in [0.4, 0.5) is 0 Å². The number of carbonyl (C=O) groups excluding carboxylic acids is 2. The van der Waals surface area contributed by atoms with Gasteiger partial charge in [0, 0.05) is 31.8 Å². The molecule has 1 fully saturated rings. The average molecular weight is 271 g/mol. The summed E-state index contributed by atoms with van der Waals surface area (Å²) in [4.78, 5) is 25.2. The summed E-state index contributed by atoms with van der Waals surface area (Å²) in [7, 11) is 0. The van der Waals surface area contributed by atoms with E-state index in [1.165, 1.54) is 5.56 Å². The van der Waals surface area contributed by atoms with Crippen LogP contribution >= 0.6 is 0 Å². The summed E-state index contributed by atoms with van der Waals surface area (Å²) in [5, 5.41) is 3.88. The molecule has 104 valence electrons. The predicted octanol–water partition coefficient (Wildman–Crippen LogP) is 1.27. The summed E-state index contributed by atoms with van der Waals surface area (Å²) in [6.45, 7) is 1.49. The Bertz CT molecular complexity index is 553. The summed E-state index contributed by atoms with van der Waals surface area (Å²) < 4.78 is 0. The molecule has 2 aliphatic heterocycles. The van der Waals surface area contributed by atoms with Crippen LogP contribution in [-0.2, 0) is 9.59 Å². The molecule has 1 atom stereocenters. The van der Waals surface area contributed by atoms with Gasteiger partial charge >= 0.3 is 0 Å².